The van der Waals surface area contributed by atoms with Gasteiger partial charge in [-0.25, -0.2) is 5.43 Å². The van der Waals surface area contributed by atoms with Gasteiger partial charge in [-0.1, -0.05) is 69.2 Å². The molecule has 2 amide bonds. The zero-order valence-electron chi connectivity index (χ0n) is 14.9. The van der Waals surface area contributed by atoms with E-state index in [1.165, 1.54) is 38.3 Å². The van der Waals surface area contributed by atoms with Crippen LogP contribution in [0.4, 0.5) is 0 Å². The topological polar surface area (TPSA) is 70.6 Å². The third-order valence-corrected chi connectivity index (χ3v) is 3.98. The number of hydrogen-bond donors (Lipinski definition) is 2. The van der Waals surface area contributed by atoms with Gasteiger partial charge in [0.25, 0.3) is 5.91 Å². The van der Waals surface area contributed by atoms with Crippen LogP contribution in [0.5, 0.6) is 0 Å². The van der Waals surface area contributed by atoms with Gasteiger partial charge in [0, 0.05) is 11.4 Å². The van der Waals surface area contributed by atoms with Crippen LogP contribution in [-0.4, -0.2) is 24.6 Å². The molecule has 0 aliphatic carbocycles. The molecule has 2 N–H and O–H groups in total. The fraction of sp³-hybridized carbons (Fsp3) is 0.526. The molecule has 1 aromatic carbocycles. The Bertz CT molecular complexity index is 544. The smallest absolute Gasteiger partial charge is 0.259 e. The Hall–Kier alpha value is -1.88. The van der Waals surface area contributed by atoms with Gasteiger partial charge in [0.15, 0.2) is 0 Å². The summed E-state index contributed by atoms with van der Waals surface area (Å²) in [4.78, 5) is 23.3. The van der Waals surface area contributed by atoms with E-state index in [1.54, 1.807) is 24.3 Å². The number of rotatable bonds is 12. The third kappa shape index (κ3) is 11.3. The molecule has 0 heterocycles. The maximum Gasteiger partial charge on any atom is 0.259 e. The first-order chi connectivity index (χ1) is 12.1. The number of amides is 2. The van der Waals surface area contributed by atoms with Gasteiger partial charge in [-0.2, -0.15) is 5.10 Å². The zero-order chi connectivity index (χ0) is 18.3. The Morgan fingerprint density at radius 1 is 1.00 bits per heavy atom. The number of halogens is 1. The molecule has 0 fully saturated rings. The first-order valence-electron chi connectivity index (χ1n) is 8.96. The summed E-state index contributed by atoms with van der Waals surface area (Å²) in [5, 5.41) is 7.09. The number of nitrogens with zero attached hydrogens (tertiary/aromatic N) is 1. The summed E-state index contributed by atoms with van der Waals surface area (Å²) in [6.45, 7) is 2.14. The zero-order valence-corrected chi connectivity index (χ0v) is 15.6. The van der Waals surface area contributed by atoms with E-state index in [-0.39, 0.29) is 18.4 Å². The van der Waals surface area contributed by atoms with Gasteiger partial charge in [0.2, 0.25) is 5.91 Å². The predicted molar refractivity (Wildman–Crippen MR) is 103 cm³/mol. The number of nitrogens with one attached hydrogen (secondary N) is 2. The molecule has 6 heteroatoms. The number of hydrogen-bond acceptors (Lipinski definition) is 3. The van der Waals surface area contributed by atoms with Crippen molar-refractivity contribution in [3.8, 4) is 0 Å². The SMILES string of the molecule is CCCCCCCCCC(=O)NCC(=O)NN=Cc1ccc(Cl)cc1. The molecule has 0 bridgehead atoms. The largest absolute Gasteiger partial charge is 0.347 e. The van der Waals surface area contributed by atoms with Crippen molar-refractivity contribution in [1.29, 1.82) is 0 Å². The minimum atomic E-state index is -0.349. The second kappa shape index (κ2) is 13.4. The van der Waals surface area contributed by atoms with E-state index in [2.05, 4.69) is 22.8 Å². The van der Waals surface area contributed by atoms with Crippen molar-refractivity contribution in [3.63, 3.8) is 0 Å². The van der Waals surface area contributed by atoms with Crippen LogP contribution in [0.2, 0.25) is 5.02 Å². The lowest BCUT2D eigenvalue weighted by atomic mass is 10.1. The van der Waals surface area contributed by atoms with Gasteiger partial charge in [0.1, 0.15) is 0 Å². The Balaban J connectivity index is 2.06. The van der Waals surface area contributed by atoms with Gasteiger partial charge in [-0.15, -0.1) is 0 Å². The van der Waals surface area contributed by atoms with Crippen molar-refractivity contribution in [3.05, 3.63) is 34.9 Å². The first kappa shape index (κ1) is 21.2. The van der Waals surface area contributed by atoms with Crippen molar-refractivity contribution in [1.82, 2.24) is 10.7 Å². The minimum Gasteiger partial charge on any atom is -0.347 e. The highest BCUT2D eigenvalue weighted by molar-refractivity contribution is 6.30. The third-order valence-electron chi connectivity index (χ3n) is 3.73. The lowest BCUT2D eigenvalue weighted by molar-refractivity contribution is -0.126. The number of unbranched alkanes of at least 4 members (excludes halogenated alkanes) is 6. The average molecular weight is 366 g/mol. The molecule has 0 aliphatic rings. The van der Waals surface area contributed by atoms with E-state index in [0.717, 1.165) is 18.4 Å². The van der Waals surface area contributed by atoms with Crippen LogP contribution in [0.3, 0.4) is 0 Å². The fourth-order valence-corrected chi connectivity index (χ4v) is 2.40. The molecule has 0 unspecified atom stereocenters. The van der Waals surface area contributed by atoms with Crippen molar-refractivity contribution in [2.24, 2.45) is 5.10 Å². The van der Waals surface area contributed by atoms with Crippen LogP contribution in [0.15, 0.2) is 29.4 Å². The summed E-state index contributed by atoms with van der Waals surface area (Å²) in [7, 11) is 0. The highest BCUT2D eigenvalue weighted by Crippen LogP contribution is 2.08. The molecule has 5 nitrogen and oxygen atoms in total. The maximum absolute atomic E-state index is 11.7. The highest BCUT2D eigenvalue weighted by Gasteiger charge is 2.04. The van der Waals surface area contributed by atoms with Gasteiger partial charge in [0.05, 0.1) is 12.8 Å². The summed E-state index contributed by atoms with van der Waals surface area (Å²) in [6.07, 6.45) is 10.1. The van der Waals surface area contributed by atoms with Gasteiger partial charge < -0.3 is 5.32 Å². The minimum absolute atomic E-state index is 0.0622. The number of benzene rings is 1. The molecular weight excluding hydrogens is 338 g/mol. The Morgan fingerprint density at radius 2 is 1.64 bits per heavy atom. The summed E-state index contributed by atoms with van der Waals surface area (Å²) < 4.78 is 0. The fourth-order valence-electron chi connectivity index (χ4n) is 2.28. The van der Waals surface area contributed by atoms with Gasteiger partial charge in [-0.05, 0) is 24.1 Å². The number of carbonyl (C=O) groups excluding carboxylic acids is 2. The molecule has 0 atom stereocenters. The lowest BCUT2D eigenvalue weighted by Gasteiger charge is -2.04. The molecule has 1 rings (SSSR count). The van der Waals surface area contributed by atoms with E-state index in [0.29, 0.717) is 11.4 Å². The first-order valence-corrected chi connectivity index (χ1v) is 9.33. The van der Waals surface area contributed by atoms with Crippen molar-refractivity contribution < 1.29 is 9.59 Å². The molecule has 0 radical (unpaired) electrons. The van der Waals surface area contributed by atoms with E-state index in [4.69, 9.17) is 11.6 Å². The monoisotopic (exact) mass is 365 g/mol. The standard InChI is InChI=1S/C19H28ClN3O2/c1-2-3-4-5-6-7-8-9-18(24)21-15-19(25)23-22-14-16-10-12-17(20)13-11-16/h10-14H,2-9,15H2,1H3,(H,21,24)(H,23,25). The van der Waals surface area contributed by atoms with Crippen molar-refractivity contribution in [2.75, 3.05) is 6.54 Å². The van der Waals surface area contributed by atoms with Crippen LogP contribution < -0.4 is 10.7 Å². The second-order valence-electron chi connectivity index (χ2n) is 5.99. The molecule has 138 valence electrons. The van der Waals surface area contributed by atoms with E-state index in [1.807, 2.05) is 0 Å². The molecular formula is C19H28ClN3O2. The molecule has 0 spiro atoms. The van der Waals surface area contributed by atoms with Gasteiger partial charge >= 0.3 is 0 Å². The quantitative estimate of drug-likeness (QED) is 0.333. The molecule has 1 aromatic rings. The van der Waals surface area contributed by atoms with Crippen LogP contribution in [0.25, 0.3) is 0 Å². The van der Waals surface area contributed by atoms with Crippen LogP contribution >= 0.6 is 11.6 Å². The van der Waals surface area contributed by atoms with Crippen molar-refractivity contribution >= 4 is 29.6 Å². The van der Waals surface area contributed by atoms with Gasteiger partial charge in [-0.3, -0.25) is 9.59 Å². The predicted octanol–water partition coefficient (Wildman–Crippen LogP) is 4.05. The van der Waals surface area contributed by atoms with Crippen molar-refractivity contribution in [2.45, 2.75) is 58.3 Å². The van der Waals surface area contributed by atoms with E-state index >= 15 is 0 Å². The Morgan fingerprint density at radius 3 is 2.32 bits per heavy atom. The summed E-state index contributed by atoms with van der Waals surface area (Å²) in [5.41, 5.74) is 3.21. The molecule has 25 heavy (non-hydrogen) atoms. The van der Waals surface area contributed by atoms with Crippen LogP contribution in [0.1, 0.15) is 63.9 Å². The molecule has 0 aliphatic heterocycles. The second-order valence-corrected chi connectivity index (χ2v) is 6.43. The Labute approximate surface area is 155 Å². The number of carbonyl (C=O) groups is 2. The highest BCUT2D eigenvalue weighted by atomic mass is 35.5. The van der Waals surface area contributed by atoms with E-state index in [9.17, 15) is 9.59 Å². The van der Waals surface area contributed by atoms with Crippen LogP contribution in [-0.2, 0) is 9.59 Å². The Kier molecular flexibility index (Phi) is 11.4. The molecule has 0 saturated carbocycles. The lowest BCUT2D eigenvalue weighted by Crippen LogP contribution is -2.34. The summed E-state index contributed by atoms with van der Waals surface area (Å²) in [5.74, 6) is -0.441. The van der Waals surface area contributed by atoms with Crippen LogP contribution in [0, 0.1) is 0 Å². The summed E-state index contributed by atoms with van der Waals surface area (Å²) in [6, 6.07) is 7.08. The number of hydrazone groups is 1. The molecule has 0 aromatic heterocycles. The maximum atomic E-state index is 11.7. The average Bonchev–Trinajstić information content (AvgIpc) is 2.61. The molecule has 0 saturated heterocycles. The normalized spacial score (nSPS) is 10.8. The summed E-state index contributed by atoms with van der Waals surface area (Å²) >= 11 is 5.79. The van der Waals surface area contributed by atoms with E-state index < -0.39 is 0 Å².